The maximum atomic E-state index is 13.3. The van der Waals surface area contributed by atoms with E-state index in [4.69, 9.17) is 11.0 Å². The molecule has 0 aliphatic carbocycles. The number of alkyl halides is 3. The van der Waals surface area contributed by atoms with E-state index in [1.165, 1.54) is 19.1 Å². The number of nitrogens with one attached hydrogen (secondary N) is 2. The predicted molar refractivity (Wildman–Crippen MR) is 118 cm³/mol. The Morgan fingerprint density at radius 2 is 2.03 bits per heavy atom. The Balaban J connectivity index is 1.78. The van der Waals surface area contributed by atoms with Crippen molar-refractivity contribution in [2.75, 3.05) is 29.0 Å². The minimum Gasteiger partial charge on any atom is -0.399 e. The van der Waals surface area contributed by atoms with Crippen LogP contribution >= 0.6 is 0 Å². The van der Waals surface area contributed by atoms with Crippen molar-refractivity contribution < 1.29 is 18.0 Å². The van der Waals surface area contributed by atoms with E-state index in [1.807, 2.05) is 11.0 Å². The van der Waals surface area contributed by atoms with E-state index < -0.39 is 11.7 Å². The van der Waals surface area contributed by atoms with Crippen molar-refractivity contribution in [1.82, 2.24) is 15.3 Å². The number of nitrogens with zero attached hydrogens (tertiary/aromatic N) is 4. The number of nitrogens with two attached hydrogens (primary N) is 1. The fraction of sp³-hybridized carbons (Fsp3) is 0.273. The van der Waals surface area contributed by atoms with Gasteiger partial charge in [-0.25, -0.2) is 4.98 Å². The Kier molecular flexibility index (Phi) is 5.68. The van der Waals surface area contributed by atoms with Gasteiger partial charge in [0.1, 0.15) is 5.82 Å². The molecule has 0 saturated carbocycles. The summed E-state index contributed by atoms with van der Waals surface area (Å²) in [5, 5.41) is 15.4. The number of hydrogen-bond donors (Lipinski definition) is 3. The van der Waals surface area contributed by atoms with Crippen LogP contribution in [0.1, 0.15) is 24.5 Å². The molecule has 4 N–H and O–H groups in total. The molecule has 33 heavy (non-hydrogen) atoms. The van der Waals surface area contributed by atoms with E-state index in [0.717, 1.165) is 12.1 Å². The Morgan fingerprint density at radius 1 is 1.24 bits per heavy atom. The number of carbonyl (C=O) groups excluding carboxylic acids is 1. The molecule has 2 aromatic carbocycles. The fourth-order valence-electron chi connectivity index (χ4n) is 3.86. The average Bonchev–Trinajstić information content (AvgIpc) is 3.19. The first kappa shape index (κ1) is 22.1. The van der Waals surface area contributed by atoms with Crippen molar-refractivity contribution in [3.8, 4) is 6.07 Å². The van der Waals surface area contributed by atoms with Gasteiger partial charge in [0.05, 0.1) is 22.7 Å². The van der Waals surface area contributed by atoms with E-state index >= 15 is 0 Å². The number of carbonyl (C=O) groups is 1. The Hall–Kier alpha value is -4.07. The van der Waals surface area contributed by atoms with E-state index in [0.29, 0.717) is 47.7 Å². The number of anilines is 4. The van der Waals surface area contributed by atoms with Crippen molar-refractivity contribution in [2.45, 2.75) is 25.6 Å². The van der Waals surface area contributed by atoms with Crippen molar-refractivity contribution in [2.24, 2.45) is 0 Å². The highest BCUT2D eigenvalue weighted by atomic mass is 19.4. The highest BCUT2D eigenvalue weighted by Crippen LogP contribution is 2.35. The summed E-state index contributed by atoms with van der Waals surface area (Å²) in [6, 6.07) is 9.85. The van der Waals surface area contributed by atoms with Crippen LogP contribution in [0.3, 0.4) is 0 Å². The van der Waals surface area contributed by atoms with Crippen LogP contribution in [0.25, 0.3) is 10.9 Å². The van der Waals surface area contributed by atoms with Crippen LogP contribution in [0, 0.1) is 11.3 Å². The van der Waals surface area contributed by atoms with Gasteiger partial charge < -0.3 is 21.3 Å². The minimum atomic E-state index is -4.52. The SMILES string of the molecule is CC(=O)N[C@H]1CCN(c2nc(Nc3cc(N)cc(C#N)c3)nc3cc(C(F)(F)F)ccc23)C1. The topological polar surface area (TPSA) is 120 Å². The number of fused-ring (bicyclic) bond motifs is 1. The fourth-order valence-corrected chi connectivity index (χ4v) is 3.86. The molecular formula is C22H20F3N7O. The number of hydrogen-bond acceptors (Lipinski definition) is 7. The van der Waals surface area contributed by atoms with Gasteiger partial charge in [-0.3, -0.25) is 4.79 Å². The van der Waals surface area contributed by atoms with Crippen molar-refractivity contribution >= 4 is 40.0 Å². The molecule has 1 aromatic heterocycles. The quantitative estimate of drug-likeness (QED) is 0.515. The Bertz CT molecular complexity index is 1270. The van der Waals surface area contributed by atoms with E-state index in [2.05, 4.69) is 20.6 Å². The van der Waals surface area contributed by atoms with E-state index in [9.17, 15) is 18.0 Å². The molecule has 4 rings (SSSR count). The third kappa shape index (κ3) is 4.90. The van der Waals surface area contributed by atoms with Gasteiger partial charge in [0, 0.05) is 42.8 Å². The molecule has 1 aliphatic heterocycles. The van der Waals surface area contributed by atoms with E-state index in [1.54, 1.807) is 12.1 Å². The molecule has 2 heterocycles. The standard InChI is InChI=1S/C22H20F3N7O/c1-12(33)28-16-4-5-32(11-16)20-18-3-2-14(22(23,24)25)8-19(18)30-21(31-20)29-17-7-13(10-26)6-15(27)9-17/h2-3,6-9,16H,4-5,11,27H2,1H3,(H,28,33)(H,29,30,31)/t16-/m0/s1. The molecule has 0 radical (unpaired) electrons. The summed E-state index contributed by atoms with van der Waals surface area (Å²) < 4.78 is 39.9. The predicted octanol–water partition coefficient (Wildman–Crippen LogP) is 3.56. The number of halogens is 3. The number of benzene rings is 2. The molecule has 8 nitrogen and oxygen atoms in total. The van der Waals surface area contributed by atoms with Gasteiger partial charge in [0.25, 0.3) is 0 Å². The van der Waals surface area contributed by atoms with Crippen LogP contribution in [0.4, 0.5) is 36.3 Å². The number of amides is 1. The van der Waals surface area contributed by atoms with Crippen LogP contribution in [0.5, 0.6) is 0 Å². The summed E-state index contributed by atoms with van der Waals surface area (Å²) in [6.07, 6.45) is -3.85. The molecule has 11 heteroatoms. The monoisotopic (exact) mass is 455 g/mol. The maximum absolute atomic E-state index is 13.3. The third-order valence-corrected chi connectivity index (χ3v) is 5.24. The van der Waals surface area contributed by atoms with Crippen LogP contribution in [-0.2, 0) is 11.0 Å². The lowest BCUT2D eigenvalue weighted by atomic mass is 10.1. The lowest BCUT2D eigenvalue weighted by molar-refractivity contribution is -0.137. The summed E-state index contributed by atoms with van der Waals surface area (Å²) in [6.45, 7) is 2.46. The second-order valence-corrected chi connectivity index (χ2v) is 7.81. The number of aromatic nitrogens is 2. The highest BCUT2D eigenvalue weighted by Gasteiger charge is 2.32. The molecule has 1 saturated heterocycles. The Labute approximate surface area is 187 Å². The van der Waals surface area contributed by atoms with Gasteiger partial charge in [-0.2, -0.15) is 23.4 Å². The first-order valence-corrected chi connectivity index (χ1v) is 10.1. The molecule has 3 aromatic rings. The molecule has 170 valence electrons. The van der Waals surface area contributed by atoms with Gasteiger partial charge >= 0.3 is 6.18 Å². The number of rotatable bonds is 4. The zero-order valence-electron chi connectivity index (χ0n) is 17.6. The highest BCUT2D eigenvalue weighted by molar-refractivity contribution is 5.91. The summed E-state index contributed by atoms with van der Waals surface area (Å²) in [5.41, 5.74) is 6.22. The van der Waals surface area contributed by atoms with Gasteiger partial charge in [0.2, 0.25) is 11.9 Å². The summed E-state index contributed by atoms with van der Waals surface area (Å²) in [4.78, 5) is 22.2. The van der Waals surface area contributed by atoms with Crippen LogP contribution in [0.15, 0.2) is 36.4 Å². The normalized spacial score (nSPS) is 16.0. The first-order valence-electron chi connectivity index (χ1n) is 10.1. The van der Waals surface area contributed by atoms with Gasteiger partial charge in [-0.15, -0.1) is 0 Å². The molecule has 1 atom stereocenters. The molecular weight excluding hydrogens is 435 g/mol. The average molecular weight is 455 g/mol. The number of nitriles is 1. The van der Waals surface area contributed by atoms with Crippen molar-refractivity contribution in [3.05, 3.63) is 47.5 Å². The van der Waals surface area contributed by atoms with Gasteiger partial charge in [0.15, 0.2) is 0 Å². The zero-order valence-corrected chi connectivity index (χ0v) is 17.6. The molecule has 0 spiro atoms. The third-order valence-electron chi connectivity index (χ3n) is 5.24. The zero-order chi connectivity index (χ0) is 23.8. The molecule has 1 amide bonds. The lowest BCUT2D eigenvalue weighted by Crippen LogP contribution is -2.35. The van der Waals surface area contributed by atoms with Gasteiger partial charge in [-0.05, 0) is 42.8 Å². The van der Waals surface area contributed by atoms with Crippen molar-refractivity contribution in [1.29, 1.82) is 5.26 Å². The molecule has 1 aliphatic rings. The van der Waals surface area contributed by atoms with E-state index in [-0.39, 0.29) is 23.4 Å². The maximum Gasteiger partial charge on any atom is 0.416 e. The second kappa shape index (κ2) is 8.46. The molecule has 0 unspecified atom stereocenters. The van der Waals surface area contributed by atoms with Gasteiger partial charge in [-0.1, -0.05) is 0 Å². The largest absolute Gasteiger partial charge is 0.416 e. The second-order valence-electron chi connectivity index (χ2n) is 7.81. The van der Waals surface area contributed by atoms with Crippen LogP contribution in [0.2, 0.25) is 0 Å². The Morgan fingerprint density at radius 3 is 2.73 bits per heavy atom. The summed E-state index contributed by atoms with van der Waals surface area (Å²) in [5.74, 6) is 0.365. The van der Waals surface area contributed by atoms with Crippen molar-refractivity contribution in [3.63, 3.8) is 0 Å². The lowest BCUT2D eigenvalue weighted by Gasteiger charge is -2.21. The summed E-state index contributed by atoms with van der Waals surface area (Å²) >= 11 is 0. The first-order chi connectivity index (χ1) is 15.6. The minimum absolute atomic E-state index is 0.0642. The molecule has 0 bridgehead atoms. The van der Waals surface area contributed by atoms with Crippen LogP contribution in [-0.4, -0.2) is 35.0 Å². The molecule has 1 fully saturated rings. The van der Waals surface area contributed by atoms with Crippen LogP contribution < -0.4 is 21.3 Å². The summed E-state index contributed by atoms with van der Waals surface area (Å²) in [7, 11) is 0. The smallest absolute Gasteiger partial charge is 0.399 e. The number of nitrogen functional groups attached to an aromatic ring is 1.